The molecule has 2 N–H and O–H groups in total. The van der Waals surface area contributed by atoms with Gasteiger partial charge in [0.25, 0.3) is 0 Å². The summed E-state index contributed by atoms with van der Waals surface area (Å²) in [5.74, 6) is 0.838. The minimum atomic E-state index is -0.713. The van der Waals surface area contributed by atoms with Crippen LogP contribution in [0.3, 0.4) is 0 Å². The number of aliphatic hydroxyl groups is 2. The second-order valence-corrected chi connectivity index (χ2v) is 6.97. The van der Waals surface area contributed by atoms with Crippen molar-refractivity contribution in [2.45, 2.75) is 77.5 Å². The molecule has 7 nitrogen and oxygen atoms in total. The van der Waals surface area contributed by atoms with E-state index >= 15 is 0 Å². The fraction of sp³-hybridized carbons (Fsp3) is 0.700. The highest BCUT2D eigenvalue weighted by molar-refractivity contribution is 5.72. The summed E-state index contributed by atoms with van der Waals surface area (Å²) in [6.45, 7) is 1.53. The molecule has 0 saturated heterocycles. The van der Waals surface area contributed by atoms with Crippen molar-refractivity contribution in [3.63, 3.8) is 0 Å². The van der Waals surface area contributed by atoms with Gasteiger partial charge >= 0.3 is 5.69 Å². The van der Waals surface area contributed by atoms with Gasteiger partial charge in [-0.2, -0.15) is 4.98 Å². The van der Waals surface area contributed by atoms with Gasteiger partial charge in [-0.1, -0.05) is 51.9 Å². The van der Waals surface area contributed by atoms with Crippen molar-refractivity contribution < 1.29 is 19.4 Å². The Morgan fingerprint density at radius 1 is 1.11 bits per heavy atom. The van der Waals surface area contributed by atoms with Crippen LogP contribution in [0.25, 0.3) is 11.1 Å². The molecule has 0 aromatic carbocycles. The van der Waals surface area contributed by atoms with E-state index in [0.717, 1.165) is 24.0 Å². The molecule has 0 aliphatic rings. The maximum Gasteiger partial charge on any atom is 0.352 e. The quantitative estimate of drug-likeness (QED) is 0.489. The Hall–Kier alpha value is -1.70. The van der Waals surface area contributed by atoms with E-state index < -0.39 is 11.8 Å². The van der Waals surface area contributed by atoms with Gasteiger partial charge in [0.2, 0.25) is 5.71 Å². The number of aromatic nitrogens is 2. The summed E-state index contributed by atoms with van der Waals surface area (Å²) < 4.78 is 12.3. The molecular weight excluding hydrogens is 348 g/mol. The molecule has 2 aromatic rings. The lowest BCUT2D eigenvalue weighted by Crippen LogP contribution is -2.28. The lowest BCUT2D eigenvalue weighted by molar-refractivity contribution is -0.0511. The zero-order chi connectivity index (χ0) is 19.5. The van der Waals surface area contributed by atoms with Crippen molar-refractivity contribution in [1.29, 1.82) is 0 Å². The zero-order valence-corrected chi connectivity index (χ0v) is 16.2. The van der Waals surface area contributed by atoms with Crippen LogP contribution in [0.5, 0.6) is 0 Å². The number of nitrogens with zero attached hydrogens (tertiary/aromatic N) is 2. The highest BCUT2D eigenvalue weighted by Gasteiger charge is 2.11. The third-order valence-corrected chi connectivity index (χ3v) is 4.66. The van der Waals surface area contributed by atoms with E-state index in [9.17, 15) is 4.79 Å². The van der Waals surface area contributed by atoms with Gasteiger partial charge in [0, 0.05) is 12.6 Å². The Morgan fingerprint density at radius 2 is 1.78 bits per heavy atom. The zero-order valence-electron chi connectivity index (χ0n) is 16.2. The fourth-order valence-corrected chi connectivity index (χ4v) is 3.00. The molecule has 27 heavy (non-hydrogen) atoms. The molecule has 0 bridgehead atoms. The van der Waals surface area contributed by atoms with Crippen molar-refractivity contribution in [3.05, 3.63) is 28.5 Å². The molecule has 152 valence electrons. The maximum absolute atomic E-state index is 12.0. The van der Waals surface area contributed by atoms with Crippen LogP contribution in [0.15, 0.2) is 21.5 Å². The maximum atomic E-state index is 12.0. The molecule has 0 saturated carbocycles. The van der Waals surface area contributed by atoms with Crippen molar-refractivity contribution in [2.24, 2.45) is 0 Å². The molecule has 7 heteroatoms. The molecule has 2 heterocycles. The molecular formula is C20H32N2O5. The van der Waals surface area contributed by atoms with Crippen LogP contribution in [-0.2, 0) is 17.9 Å². The van der Waals surface area contributed by atoms with Crippen LogP contribution in [0.4, 0.5) is 0 Å². The molecule has 0 radical (unpaired) electrons. The van der Waals surface area contributed by atoms with Crippen molar-refractivity contribution in [2.75, 3.05) is 13.2 Å². The number of aliphatic hydroxyl groups excluding tert-OH is 2. The third kappa shape index (κ3) is 7.08. The molecule has 0 fully saturated rings. The number of rotatable bonds is 14. The average Bonchev–Trinajstić information content (AvgIpc) is 3.06. The third-order valence-electron chi connectivity index (χ3n) is 4.66. The van der Waals surface area contributed by atoms with Crippen LogP contribution in [0.2, 0.25) is 0 Å². The Morgan fingerprint density at radius 3 is 2.44 bits per heavy atom. The van der Waals surface area contributed by atoms with Gasteiger partial charge in [0.1, 0.15) is 18.6 Å². The minimum absolute atomic E-state index is 0.0773. The number of unbranched alkanes of at least 4 members (excludes halogenated alkanes) is 7. The number of hydrogen-bond acceptors (Lipinski definition) is 6. The van der Waals surface area contributed by atoms with Gasteiger partial charge in [0.05, 0.1) is 18.6 Å². The van der Waals surface area contributed by atoms with Crippen LogP contribution in [0, 0.1) is 0 Å². The Kier molecular flexibility index (Phi) is 9.52. The Balaban J connectivity index is 1.83. The van der Waals surface area contributed by atoms with Gasteiger partial charge in [-0.15, -0.1) is 0 Å². The van der Waals surface area contributed by atoms with Crippen LogP contribution in [0.1, 0.15) is 64.1 Å². The van der Waals surface area contributed by atoms with Crippen molar-refractivity contribution in [1.82, 2.24) is 9.55 Å². The van der Waals surface area contributed by atoms with Crippen molar-refractivity contribution >= 4 is 11.1 Å². The fourth-order valence-electron chi connectivity index (χ4n) is 3.00. The summed E-state index contributed by atoms with van der Waals surface area (Å²) in [4.78, 5) is 16.0. The van der Waals surface area contributed by atoms with Crippen LogP contribution >= 0.6 is 0 Å². The average molecular weight is 380 g/mol. The van der Waals surface area contributed by atoms with Gasteiger partial charge in [-0.05, 0) is 12.5 Å². The van der Waals surface area contributed by atoms with E-state index in [4.69, 9.17) is 19.4 Å². The predicted octanol–water partition coefficient (Wildman–Crippen LogP) is 3.00. The predicted molar refractivity (Wildman–Crippen MR) is 104 cm³/mol. The number of hydrogen-bond donors (Lipinski definition) is 2. The van der Waals surface area contributed by atoms with E-state index in [0.29, 0.717) is 5.71 Å². The highest BCUT2D eigenvalue weighted by atomic mass is 16.5. The lowest BCUT2D eigenvalue weighted by atomic mass is 10.1. The molecule has 0 unspecified atom stereocenters. The molecule has 0 spiro atoms. The number of furan rings is 1. The molecule has 0 atom stereocenters. The molecule has 0 aliphatic heterocycles. The van der Waals surface area contributed by atoms with Gasteiger partial charge < -0.3 is 19.4 Å². The van der Waals surface area contributed by atoms with Crippen LogP contribution in [-0.4, -0.2) is 39.1 Å². The molecule has 0 aliphatic carbocycles. The monoisotopic (exact) mass is 380 g/mol. The van der Waals surface area contributed by atoms with Crippen molar-refractivity contribution in [3.8, 4) is 0 Å². The Bertz CT molecular complexity index is 721. The Labute approximate surface area is 160 Å². The highest BCUT2D eigenvalue weighted by Crippen LogP contribution is 2.18. The molecule has 0 amide bonds. The van der Waals surface area contributed by atoms with E-state index in [2.05, 4.69) is 11.9 Å². The topological polar surface area (TPSA) is 97.7 Å². The van der Waals surface area contributed by atoms with Gasteiger partial charge in [-0.3, -0.25) is 4.57 Å². The largest absolute Gasteiger partial charge is 0.443 e. The van der Waals surface area contributed by atoms with E-state index in [1.807, 2.05) is 6.07 Å². The smallest absolute Gasteiger partial charge is 0.352 e. The second-order valence-electron chi connectivity index (χ2n) is 6.97. The van der Waals surface area contributed by atoms with Crippen LogP contribution < -0.4 is 5.69 Å². The first-order valence-electron chi connectivity index (χ1n) is 10.0. The minimum Gasteiger partial charge on any atom is -0.443 e. The van der Waals surface area contributed by atoms with E-state index in [-0.39, 0.29) is 19.9 Å². The second kappa shape index (κ2) is 11.9. The van der Waals surface area contributed by atoms with E-state index in [1.165, 1.54) is 49.5 Å². The number of aryl methyl sites for hydroxylation is 1. The first-order chi connectivity index (χ1) is 13.2. The van der Waals surface area contributed by atoms with E-state index in [1.54, 1.807) is 6.20 Å². The summed E-state index contributed by atoms with van der Waals surface area (Å²) in [6.07, 6.45) is 11.8. The summed E-state index contributed by atoms with van der Waals surface area (Å²) in [6, 6.07) is 1.91. The first-order valence-corrected chi connectivity index (χ1v) is 10.0. The normalized spacial score (nSPS) is 11.7. The summed E-state index contributed by atoms with van der Waals surface area (Å²) >= 11 is 0. The molecule has 2 aromatic heterocycles. The number of ether oxygens (including phenoxy) is 1. The SMILES string of the molecule is CCCCCCCCCCc1cc2cn(COC(CO)CO)c(=O)nc2o1. The standard InChI is InChI=1S/C20H32N2O5/c1-2-3-4-5-6-7-8-9-10-17-11-16-12-22(15-26-18(13-23)14-24)20(25)21-19(16)27-17/h11-12,18,23-24H,2-10,13-15H2,1H3. The summed E-state index contributed by atoms with van der Waals surface area (Å²) in [5.41, 5.74) is -0.142. The summed E-state index contributed by atoms with van der Waals surface area (Å²) in [5, 5.41) is 18.8. The van der Waals surface area contributed by atoms with Gasteiger partial charge in [0.15, 0.2) is 0 Å². The lowest BCUT2D eigenvalue weighted by Gasteiger charge is -2.13. The van der Waals surface area contributed by atoms with Gasteiger partial charge in [-0.25, -0.2) is 4.79 Å². The summed E-state index contributed by atoms with van der Waals surface area (Å²) in [7, 11) is 0. The number of fused-ring (bicyclic) bond motifs is 1. The molecule has 2 rings (SSSR count). The first kappa shape index (κ1) is 21.6.